The Kier molecular flexibility index (Phi) is 5.48. The highest BCUT2D eigenvalue weighted by molar-refractivity contribution is 5.87. The third-order valence-electron chi connectivity index (χ3n) is 4.91. The monoisotopic (exact) mass is 373 g/mol. The number of aryl methyl sites for hydroxylation is 2. The van der Waals surface area contributed by atoms with Crippen LogP contribution in [0.5, 0.6) is 5.75 Å². The minimum atomic E-state index is -1.07. The van der Waals surface area contributed by atoms with E-state index in [1.807, 2.05) is 13.0 Å². The lowest BCUT2D eigenvalue weighted by Gasteiger charge is -2.15. The van der Waals surface area contributed by atoms with Crippen LogP contribution in [0.25, 0.3) is 11.0 Å². The molecular weight excluding hydrogens is 350 g/mol. The molecule has 27 heavy (non-hydrogen) atoms. The first-order chi connectivity index (χ1) is 12.9. The second-order valence-electron chi connectivity index (χ2n) is 6.80. The molecule has 2 N–H and O–H groups in total. The molecule has 1 heterocycles. The molecule has 7 heteroatoms. The second kappa shape index (κ2) is 7.82. The lowest BCUT2D eigenvalue weighted by Crippen LogP contribution is -2.42. The van der Waals surface area contributed by atoms with Crippen molar-refractivity contribution in [3.8, 4) is 5.75 Å². The third kappa shape index (κ3) is 3.82. The third-order valence-corrected chi connectivity index (χ3v) is 4.91. The number of benzene rings is 1. The molecule has 1 aliphatic rings. The molecule has 0 saturated heterocycles. The van der Waals surface area contributed by atoms with Gasteiger partial charge >= 0.3 is 11.6 Å². The quantitative estimate of drug-likeness (QED) is 0.722. The van der Waals surface area contributed by atoms with Gasteiger partial charge in [-0.3, -0.25) is 4.79 Å². The van der Waals surface area contributed by atoms with Crippen LogP contribution in [0.2, 0.25) is 0 Å². The fourth-order valence-electron chi connectivity index (χ4n) is 3.54. The normalized spacial score (nSPS) is 14.0. The van der Waals surface area contributed by atoms with Gasteiger partial charge in [0, 0.05) is 16.5 Å². The Hall–Kier alpha value is -2.83. The van der Waals surface area contributed by atoms with Crippen LogP contribution < -0.4 is 15.7 Å². The summed E-state index contributed by atoms with van der Waals surface area (Å²) in [5, 5.41) is 12.5. The average molecular weight is 373 g/mol. The van der Waals surface area contributed by atoms with Crippen LogP contribution in [-0.4, -0.2) is 29.6 Å². The number of carboxylic acids is 1. The van der Waals surface area contributed by atoms with E-state index in [-0.39, 0.29) is 12.2 Å². The van der Waals surface area contributed by atoms with Crippen molar-refractivity contribution < 1.29 is 23.8 Å². The average Bonchev–Trinajstić information content (AvgIpc) is 3.12. The van der Waals surface area contributed by atoms with E-state index in [1.54, 1.807) is 13.0 Å². The predicted molar refractivity (Wildman–Crippen MR) is 99.2 cm³/mol. The van der Waals surface area contributed by atoms with Crippen LogP contribution in [-0.2, 0) is 22.4 Å². The molecule has 0 aliphatic heterocycles. The molecule has 0 radical (unpaired) electrons. The van der Waals surface area contributed by atoms with Gasteiger partial charge in [-0.25, -0.2) is 9.59 Å². The first kappa shape index (κ1) is 18.9. The number of carbonyl (C=O) groups is 2. The smallest absolute Gasteiger partial charge is 0.339 e. The molecule has 0 spiro atoms. The first-order valence-electron chi connectivity index (χ1n) is 9.15. The molecule has 1 aliphatic carbocycles. The van der Waals surface area contributed by atoms with Crippen LogP contribution in [0.4, 0.5) is 0 Å². The lowest BCUT2D eigenvalue weighted by molar-refractivity contribution is -0.142. The van der Waals surface area contributed by atoms with Crippen LogP contribution >= 0.6 is 0 Å². The predicted octanol–water partition coefficient (Wildman–Crippen LogP) is 2.34. The van der Waals surface area contributed by atoms with Crippen molar-refractivity contribution in [3.63, 3.8) is 0 Å². The highest BCUT2D eigenvalue weighted by atomic mass is 16.5. The Morgan fingerprint density at radius 2 is 2.04 bits per heavy atom. The Morgan fingerprint density at radius 3 is 2.74 bits per heavy atom. The molecule has 1 amide bonds. The molecule has 1 aromatic carbocycles. The summed E-state index contributed by atoms with van der Waals surface area (Å²) in [7, 11) is 0. The molecular formula is C20H23NO6. The number of aliphatic carboxylic acids is 1. The summed E-state index contributed by atoms with van der Waals surface area (Å²) in [6, 6.07) is 2.67. The number of hydrogen-bond acceptors (Lipinski definition) is 5. The molecule has 1 atom stereocenters. The van der Waals surface area contributed by atoms with E-state index in [0.29, 0.717) is 29.7 Å². The summed E-state index contributed by atoms with van der Waals surface area (Å²) in [6.07, 6.45) is 3.54. The van der Waals surface area contributed by atoms with E-state index >= 15 is 0 Å². The zero-order valence-electron chi connectivity index (χ0n) is 15.5. The van der Waals surface area contributed by atoms with Crippen molar-refractivity contribution in [1.29, 1.82) is 0 Å². The molecule has 3 rings (SSSR count). The fourth-order valence-corrected chi connectivity index (χ4v) is 3.54. The zero-order valence-corrected chi connectivity index (χ0v) is 15.5. The van der Waals surface area contributed by atoms with Gasteiger partial charge in [-0.15, -0.1) is 0 Å². The van der Waals surface area contributed by atoms with Crippen molar-refractivity contribution in [2.24, 2.45) is 0 Å². The minimum Gasteiger partial charge on any atom is -0.483 e. The first-order valence-corrected chi connectivity index (χ1v) is 9.15. The van der Waals surface area contributed by atoms with Crippen LogP contribution in [0.15, 0.2) is 21.3 Å². The Balaban J connectivity index is 1.77. The van der Waals surface area contributed by atoms with Crippen LogP contribution in [0, 0.1) is 6.92 Å². The number of hydrogen-bond donors (Lipinski definition) is 2. The van der Waals surface area contributed by atoms with Gasteiger partial charge in [0.25, 0.3) is 5.91 Å². The highest BCUT2D eigenvalue weighted by Gasteiger charge is 2.22. The van der Waals surface area contributed by atoms with E-state index in [9.17, 15) is 14.4 Å². The van der Waals surface area contributed by atoms with E-state index in [4.69, 9.17) is 14.3 Å². The Bertz CT molecular complexity index is 946. The summed E-state index contributed by atoms with van der Waals surface area (Å²) in [5.74, 6) is -1.14. The summed E-state index contributed by atoms with van der Waals surface area (Å²) in [4.78, 5) is 35.3. The zero-order chi connectivity index (χ0) is 19.6. The number of ether oxygens (including phenoxy) is 1. The number of nitrogens with one attached hydrogen (secondary N) is 1. The van der Waals surface area contributed by atoms with Gasteiger partial charge in [-0.2, -0.15) is 0 Å². The van der Waals surface area contributed by atoms with Gasteiger partial charge in [0.1, 0.15) is 17.4 Å². The maximum absolute atomic E-state index is 12.2. The maximum atomic E-state index is 12.2. The van der Waals surface area contributed by atoms with Crippen molar-refractivity contribution in [1.82, 2.24) is 5.32 Å². The number of carbonyl (C=O) groups excluding carboxylic acids is 1. The molecule has 2 aromatic rings. The Morgan fingerprint density at radius 1 is 1.30 bits per heavy atom. The van der Waals surface area contributed by atoms with Crippen molar-refractivity contribution >= 4 is 22.8 Å². The standard InChI is InChI=1S/C20H23NO6/c1-3-5-15(19(23)24)21-17(22)10-26-16-9-8-13-12-6-4-7-14(12)20(25)27-18(13)11(16)2/h8-9,15H,3-7,10H2,1-2H3,(H,21,22)(H,23,24). The Labute approximate surface area is 156 Å². The van der Waals surface area contributed by atoms with Crippen molar-refractivity contribution in [2.45, 2.75) is 52.0 Å². The molecule has 0 saturated carbocycles. The van der Waals surface area contributed by atoms with Gasteiger partial charge in [0.2, 0.25) is 0 Å². The second-order valence-corrected chi connectivity index (χ2v) is 6.80. The minimum absolute atomic E-state index is 0.308. The number of fused-ring (bicyclic) bond motifs is 3. The van der Waals surface area contributed by atoms with E-state index < -0.39 is 17.9 Å². The van der Waals surface area contributed by atoms with E-state index in [1.165, 1.54) is 0 Å². The van der Waals surface area contributed by atoms with Crippen LogP contribution in [0.1, 0.15) is 42.9 Å². The molecule has 0 fully saturated rings. The SMILES string of the molecule is CCCC(NC(=O)COc1ccc2c3c(c(=O)oc2c1C)CCC3)C(=O)O. The number of carboxylic acid groups (broad SMARTS) is 1. The summed E-state index contributed by atoms with van der Waals surface area (Å²) in [5.41, 5.74) is 2.61. The molecule has 144 valence electrons. The number of rotatable bonds is 7. The number of amides is 1. The summed E-state index contributed by atoms with van der Waals surface area (Å²) in [6.45, 7) is 3.31. The lowest BCUT2D eigenvalue weighted by atomic mass is 10.0. The fraction of sp³-hybridized carbons (Fsp3) is 0.450. The topological polar surface area (TPSA) is 106 Å². The summed E-state index contributed by atoms with van der Waals surface area (Å²) < 4.78 is 11.1. The van der Waals surface area contributed by atoms with Gasteiger partial charge in [-0.05, 0) is 50.3 Å². The largest absolute Gasteiger partial charge is 0.483 e. The van der Waals surface area contributed by atoms with Gasteiger partial charge < -0.3 is 19.6 Å². The van der Waals surface area contributed by atoms with Gasteiger partial charge in [0.05, 0.1) is 0 Å². The highest BCUT2D eigenvalue weighted by Crippen LogP contribution is 2.32. The molecule has 0 bridgehead atoms. The molecule has 1 aromatic heterocycles. The van der Waals surface area contributed by atoms with Gasteiger partial charge in [-0.1, -0.05) is 13.3 Å². The van der Waals surface area contributed by atoms with E-state index in [0.717, 1.165) is 35.8 Å². The van der Waals surface area contributed by atoms with Crippen molar-refractivity contribution in [3.05, 3.63) is 39.2 Å². The van der Waals surface area contributed by atoms with E-state index in [2.05, 4.69) is 5.32 Å². The van der Waals surface area contributed by atoms with Gasteiger partial charge in [0.15, 0.2) is 6.61 Å². The van der Waals surface area contributed by atoms with Crippen LogP contribution in [0.3, 0.4) is 0 Å². The molecule has 1 unspecified atom stereocenters. The molecule has 7 nitrogen and oxygen atoms in total. The maximum Gasteiger partial charge on any atom is 0.339 e. The summed E-state index contributed by atoms with van der Waals surface area (Å²) >= 11 is 0. The van der Waals surface area contributed by atoms with Crippen molar-refractivity contribution in [2.75, 3.05) is 6.61 Å².